The Kier molecular flexibility index (Phi) is 4.70. The molecule has 1 unspecified atom stereocenters. The zero-order chi connectivity index (χ0) is 17.2. The summed E-state index contributed by atoms with van der Waals surface area (Å²) in [5, 5.41) is 12.3. The molecule has 0 amide bonds. The number of nitrogens with zero attached hydrogens (tertiary/aromatic N) is 3. The SMILES string of the molecule is OC(c1ncc[nH]1)C1CCN(Cc2cc(Cl)cc3cccnc23)CC1. The lowest BCUT2D eigenvalue weighted by molar-refractivity contribution is 0.0516. The minimum Gasteiger partial charge on any atom is -0.385 e. The summed E-state index contributed by atoms with van der Waals surface area (Å²) in [4.78, 5) is 14.1. The first-order valence-electron chi connectivity index (χ1n) is 8.63. The molecular formula is C19H21ClN4O. The standard InChI is InChI=1S/C19H21ClN4O/c20-16-10-14-2-1-5-21-17(14)15(11-16)12-24-8-3-13(4-9-24)18(25)19-22-6-7-23-19/h1-2,5-7,10-11,13,18,25H,3-4,8-9,12H2,(H,22,23). The highest BCUT2D eigenvalue weighted by Crippen LogP contribution is 2.30. The van der Waals surface area contributed by atoms with Gasteiger partial charge in [-0.1, -0.05) is 17.7 Å². The van der Waals surface area contributed by atoms with E-state index in [2.05, 4.69) is 19.9 Å². The highest BCUT2D eigenvalue weighted by Gasteiger charge is 2.27. The highest BCUT2D eigenvalue weighted by atomic mass is 35.5. The number of rotatable bonds is 4. The van der Waals surface area contributed by atoms with Crippen LogP contribution in [0.15, 0.2) is 42.9 Å². The first-order valence-corrected chi connectivity index (χ1v) is 9.01. The van der Waals surface area contributed by atoms with Gasteiger partial charge in [0.15, 0.2) is 0 Å². The summed E-state index contributed by atoms with van der Waals surface area (Å²) in [6.07, 6.45) is 6.66. The van der Waals surface area contributed by atoms with Gasteiger partial charge in [0.05, 0.1) is 5.52 Å². The largest absolute Gasteiger partial charge is 0.385 e. The Balaban J connectivity index is 1.44. The number of pyridine rings is 1. The lowest BCUT2D eigenvalue weighted by atomic mass is 9.90. The minimum absolute atomic E-state index is 0.247. The van der Waals surface area contributed by atoms with Gasteiger partial charge in [0.1, 0.15) is 11.9 Å². The molecule has 3 aromatic rings. The van der Waals surface area contributed by atoms with Crippen LogP contribution in [0.2, 0.25) is 5.02 Å². The van der Waals surface area contributed by atoms with Crippen molar-refractivity contribution < 1.29 is 5.11 Å². The van der Waals surface area contributed by atoms with Gasteiger partial charge in [0.2, 0.25) is 0 Å². The van der Waals surface area contributed by atoms with Crippen LogP contribution in [-0.4, -0.2) is 38.0 Å². The number of likely N-dealkylation sites (tertiary alicyclic amines) is 1. The molecule has 0 bridgehead atoms. The van der Waals surface area contributed by atoms with Crippen LogP contribution in [0.25, 0.3) is 10.9 Å². The molecule has 0 aliphatic carbocycles. The lowest BCUT2D eigenvalue weighted by Crippen LogP contribution is -2.35. The van der Waals surface area contributed by atoms with E-state index >= 15 is 0 Å². The quantitative estimate of drug-likeness (QED) is 0.750. The van der Waals surface area contributed by atoms with E-state index < -0.39 is 6.10 Å². The van der Waals surface area contributed by atoms with Crippen molar-refractivity contribution in [3.63, 3.8) is 0 Å². The van der Waals surface area contributed by atoms with E-state index in [1.807, 2.05) is 30.5 Å². The number of imidazole rings is 1. The molecule has 2 N–H and O–H groups in total. The topological polar surface area (TPSA) is 65.0 Å². The molecule has 1 atom stereocenters. The first kappa shape index (κ1) is 16.5. The van der Waals surface area contributed by atoms with Gasteiger partial charge >= 0.3 is 0 Å². The van der Waals surface area contributed by atoms with Crippen LogP contribution in [0, 0.1) is 5.92 Å². The number of aromatic amines is 1. The third kappa shape index (κ3) is 3.54. The third-order valence-corrected chi connectivity index (χ3v) is 5.24. The summed E-state index contributed by atoms with van der Waals surface area (Å²) in [6, 6.07) is 7.95. The second kappa shape index (κ2) is 7.12. The number of hydrogen-bond donors (Lipinski definition) is 2. The third-order valence-electron chi connectivity index (χ3n) is 5.02. The van der Waals surface area contributed by atoms with Crippen LogP contribution in [-0.2, 0) is 6.54 Å². The zero-order valence-electron chi connectivity index (χ0n) is 13.9. The van der Waals surface area contributed by atoms with Gasteiger partial charge in [-0.15, -0.1) is 0 Å². The number of hydrogen-bond acceptors (Lipinski definition) is 4. The predicted molar refractivity (Wildman–Crippen MR) is 98.3 cm³/mol. The van der Waals surface area contributed by atoms with E-state index in [1.54, 1.807) is 12.4 Å². The molecule has 0 spiro atoms. The lowest BCUT2D eigenvalue weighted by Gasteiger charge is -2.33. The molecule has 0 saturated carbocycles. The number of aliphatic hydroxyl groups excluding tert-OH is 1. The Hall–Kier alpha value is -1.95. The molecule has 130 valence electrons. The maximum atomic E-state index is 10.4. The van der Waals surface area contributed by atoms with Gasteiger partial charge in [-0.3, -0.25) is 9.88 Å². The predicted octanol–water partition coefficient (Wildman–Crippen LogP) is 3.56. The van der Waals surface area contributed by atoms with Gasteiger partial charge in [-0.2, -0.15) is 0 Å². The smallest absolute Gasteiger partial charge is 0.135 e. The second-order valence-electron chi connectivity index (χ2n) is 6.67. The van der Waals surface area contributed by atoms with E-state index in [4.69, 9.17) is 11.6 Å². The summed E-state index contributed by atoms with van der Waals surface area (Å²) < 4.78 is 0. The van der Waals surface area contributed by atoms with Crippen molar-refractivity contribution in [3.05, 3.63) is 59.3 Å². The van der Waals surface area contributed by atoms with Crippen molar-refractivity contribution in [2.45, 2.75) is 25.5 Å². The Morgan fingerprint density at radius 2 is 2.08 bits per heavy atom. The van der Waals surface area contributed by atoms with Crippen molar-refractivity contribution in [3.8, 4) is 0 Å². The van der Waals surface area contributed by atoms with E-state index in [0.717, 1.165) is 54.0 Å². The summed E-state index contributed by atoms with van der Waals surface area (Å²) in [5.41, 5.74) is 2.18. The van der Waals surface area contributed by atoms with Crippen molar-refractivity contribution in [1.29, 1.82) is 0 Å². The number of fused-ring (bicyclic) bond motifs is 1. The molecule has 1 aromatic carbocycles. The molecule has 0 radical (unpaired) electrons. The zero-order valence-corrected chi connectivity index (χ0v) is 14.7. The number of benzene rings is 1. The second-order valence-corrected chi connectivity index (χ2v) is 7.11. The molecule has 1 saturated heterocycles. The fourth-order valence-electron chi connectivity index (χ4n) is 3.68. The monoisotopic (exact) mass is 356 g/mol. The highest BCUT2D eigenvalue weighted by molar-refractivity contribution is 6.31. The van der Waals surface area contributed by atoms with Crippen LogP contribution in [0.4, 0.5) is 0 Å². The van der Waals surface area contributed by atoms with Crippen molar-refractivity contribution in [1.82, 2.24) is 19.9 Å². The van der Waals surface area contributed by atoms with Crippen LogP contribution >= 0.6 is 11.6 Å². The van der Waals surface area contributed by atoms with Crippen molar-refractivity contribution >= 4 is 22.5 Å². The van der Waals surface area contributed by atoms with Crippen LogP contribution in [0.3, 0.4) is 0 Å². The summed E-state index contributed by atoms with van der Waals surface area (Å²) in [5.74, 6) is 0.917. The molecule has 4 rings (SSSR count). The Bertz CT molecular complexity index is 844. The normalized spacial score (nSPS) is 17.8. The summed E-state index contributed by atoms with van der Waals surface area (Å²) in [7, 11) is 0. The van der Waals surface area contributed by atoms with Gasteiger partial charge in [0.25, 0.3) is 0 Å². The number of H-pyrrole nitrogens is 1. The Morgan fingerprint density at radius 3 is 2.84 bits per heavy atom. The van der Waals surface area contributed by atoms with E-state index in [0.29, 0.717) is 5.82 Å². The number of aromatic nitrogens is 3. The molecule has 25 heavy (non-hydrogen) atoms. The van der Waals surface area contributed by atoms with E-state index in [9.17, 15) is 5.11 Å². The fraction of sp³-hybridized carbons (Fsp3) is 0.368. The van der Waals surface area contributed by atoms with Gasteiger partial charge in [-0.05, 0) is 55.6 Å². The summed E-state index contributed by atoms with van der Waals surface area (Å²) in [6.45, 7) is 2.73. The number of piperidine rings is 1. The fourth-order valence-corrected chi connectivity index (χ4v) is 3.93. The van der Waals surface area contributed by atoms with Crippen molar-refractivity contribution in [2.75, 3.05) is 13.1 Å². The molecule has 1 aliphatic rings. The summed E-state index contributed by atoms with van der Waals surface area (Å²) >= 11 is 6.27. The maximum Gasteiger partial charge on any atom is 0.135 e. The number of halogens is 1. The first-order chi connectivity index (χ1) is 12.2. The number of aliphatic hydroxyl groups is 1. The molecule has 1 aliphatic heterocycles. The average Bonchev–Trinajstić information content (AvgIpc) is 3.16. The number of nitrogens with one attached hydrogen (secondary N) is 1. The molecule has 2 aromatic heterocycles. The molecule has 3 heterocycles. The molecule has 1 fully saturated rings. The maximum absolute atomic E-state index is 10.4. The Labute approximate surface area is 151 Å². The van der Waals surface area contributed by atoms with Gasteiger partial charge in [-0.25, -0.2) is 4.98 Å². The molecule has 6 heteroatoms. The Morgan fingerprint density at radius 1 is 1.24 bits per heavy atom. The van der Waals surface area contributed by atoms with Gasteiger partial charge in [0, 0.05) is 35.5 Å². The molecule has 5 nitrogen and oxygen atoms in total. The van der Waals surface area contributed by atoms with Crippen molar-refractivity contribution in [2.24, 2.45) is 5.92 Å². The molecular weight excluding hydrogens is 336 g/mol. The van der Waals surface area contributed by atoms with E-state index in [-0.39, 0.29) is 5.92 Å². The van der Waals surface area contributed by atoms with Crippen LogP contribution in [0.1, 0.15) is 30.3 Å². The average molecular weight is 357 g/mol. The van der Waals surface area contributed by atoms with Crippen LogP contribution < -0.4 is 0 Å². The van der Waals surface area contributed by atoms with Crippen LogP contribution in [0.5, 0.6) is 0 Å². The van der Waals surface area contributed by atoms with E-state index in [1.165, 1.54) is 0 Å². The minimum atomic E-state index is -0.509. The van der Waals surface area contributed by atoms with Gasteiger partial charge < -0.3 is 10.1 Å².